The van der Waals surface area contributed by atoms with Gasteiger partial charge in [-0.15, -0.1) is 0 Å². The van der Waals surface area contributed by atoms with Gasteiger partial charge in [-0.25, -0.2) is 4.98 Å². The topological polar surface area (TPSA) is 69.3 Å². The quantitative estimate of drug-likeness (QED) is 0.728. The zero-order valence-electron chi connectivity index (χ0n) is 17.0. The molecule has 2 aromatic carbocycles. The SMILES string of the molecule is O=C1CC(C(=O)N2CCCC(c3nc4ccccc4[nH]3)C2)CN1Cc1ccccc1. The lowest BCUT2D eigenvalue weighted by Gasteiger charge is -2.33. The Kier molecular flexibility index (Phi) is 4.99. The van der Waals surface area contributed by atoms with Crippen molar-refractivity contribution in [1.82, 2.24) is 19.8 Å². The monoisotopic (exact) mass is 402 g/mol. The molecule has 3 heterocycles. The van der Waals surface area contributed by atoms with E-state index < -0.39 is 0 Å². The van der Waals surface area contributed by atoms with Gasteiger partial charge in [0, 0.05) is 38.5 Å². The number of nitrogens with one attached hydrogen (secondary N) is 1. The minimum Gasteiger partial charge on any atom is -0.342 e. The van der Waals surface area contributed by atoms with Crippen LogP contribution in [0.3, 0.4) is 0 Å². The summed E-state index contributed by atoms with van der Waals surface area (Å²) >= 11 is 0. The van der Waals surface area contributed by atoms with E-state index in [0.29, 0.717) is 26.1 Å². The molecule has 3 aromatic rings. The summed E-state index contributed by atoms with van der Waals surface area (Å²) in [5.74, 6) is 1.12. The Balaban J connectivity index is 1.25. The van der Waals surface area contributed by atoms with Crippen LogP contribution in [-0.2, 0) is 16.1 Å². The Bertz CT molecular complexity index is 1030. The molecule has 2 atom stereocenters. The second-order valence-corrected chi connectivity index (χ2v) is 8.42. The molecular formula is C24H26N4O2. The standard InChI is InChI=1S/C24H26N4O2/c29-22-13-19(16-28(22)14-17-7-2-1-3-8-17)24(30)27-12-6-9-18(15-27)23-25-20-10-4-5-11-21(20)26-23/h1-5,7-8,10-11,18-19H,6,9,12-16H2,(H,25,26). The predicted octanol–water partition coefficient (Wildman–Crippen LogP) is 3.32. The molecule has 0 bridgehead atoms. The number of aromatic nitrogens is 2. The predicted molar refractivity (Wildman–Crippen MR) is 115 cm³/mol. The number of H-pyrrole nitrogens is 1. The van der Waals surface area contributed by atoms with Crippen molar-refractivity contribution >= 4 is 22.8 Å². The average Bonchev–Trinajstić information content (AvgIpc) is 3.38. The van der Waals surface area contributed by atoms with Crippen LogP contribution in [0.25, 0.3) is 11.0 Å². The number of nitrogens with zero attached hydrogens (tertiary/aromatic N) is 3. The molecule has 6 nitrogen and oxygen atoms in total. The van der Waals surface area contributed by atoms with E-state index >= 15 is 0 Å². The van der Waals surface area contributed by atoms with Crippen LogP contribution in [0.1, 0.15) is 36.6 Å². The Hall–Kier alpha value is -3.15. The molecule has 0 aliphatic carbocycles. The molecule has 1 aromatic heterocycles. The van der Waals surface area contributed by atoms with Gasteiger partial charge in [-0.1, -0.05) is 42.5 Å². The number of aromatic amines is 1. The summed E-state index contributed by atoms with van der Waals surface area (Å²) in [5, 5.41) is 0. The molecule has 2 saturated heterocycles. The minimum atomic E-state index is -0.240. The molecule has 2 unspecified atom stereocenters. The van der Waals surface area contributed by atoms with Crippen molar-refractivity contribution in [3.05, 3.63) is 66.0 Å². The highest BCUT2D eigenvalue weighted by Crippen LogP contribution is 2.29. The maximum absolute atomic E-state index is 13.2. The number of likely N-dealkylation sites (tertiary alicyclic amines) is 2. The third kappa shape index (κ3) is 3.70. The maximum Gasteiger partial charge on any atom is 0.228 e. The zero-order chi connectivity index (χ0) is 20.5. The van der Waals surface area contributed by atoms with Crippen molar-refractivity contribution in [2.75, 3.05) is 19.6 Å². The fraction of sp³-hybridized carbons (Fsp3) is 0.375. The molecule has 1 N–H and O–H groups in total. The normalized spacial score (nSPS) is 22.1. The zero-order valence-corrected chi connectivity index (χ0v) is 17.0. The Morgan fingerprint density at radius 2 is 1.87 bits per heavy atom. The van der Waals surface area contributed by atoms with Crippen LogP contribution in [0, 0.1) is 5.92 Å². The van der Waals surface area contributed by atoms with Crippen molar-refractivity contribution in [1.29, 1.82) is 0 Å². The number of piperidine rings is 1. The lowest BCUT2D eigenvalue weighted by molar-refractivity contribution is -0.137. The molecular weight excluding hydrogens is 376 g/mol. The summed E-state index contributed by atoms with van der Waals surface area (Å²) in [4.78, 5) is 37.6. The van der Waals surface area contributed by atoms with E-state index in [1.165, 1.54) is 0 Å². The molecule has 30 heavy (non-hydrogen) atoms. The van der Waals surface area contributed by atoms with Crippen molar-refractivity contribution in [3.63, 3.8) is 0 Å². The van der Waals surface area contributed by atoms with Crippen LogP contribution in [0.15, 0.2) is 54.6 Å². The Labute approximate surface area is 175 Å². The number of benzene rings is 2. The number of rotatable bonds is 4. The van der Waals surface area contributed by atoms with Gasteiger partial charge in [0.2, 0.25) is 11.8 Å². The van der Waals surface area contributed by atoms with Crippen molar-refractivity contribution in [2.45, 2.75) is 31.7 Å². The van der Waals surface area contributed by atoms with Crippen LogP contribution >= 0.6 is 0 Å². The van der Waals surface area contributed by atoms with Gasteiger partial charge in [0.1, 0.15) is 5.82 Å². The third-order valence-corrected chi connectivity index (χ3v) is 6.31. The van der Waals surface area contributed by atoms with Crippen molar-refractivity contribution in [2.24, 2.45) is 5.92 Å². The number of hydrogen-bond donors (Lipinski definition) is 1. The third-order valence-electron chi connectivity index (χ3n) is 6.31. The first-order valence-corrected chi connectivity index (χ1v) is 10.7. The molecule has 0 radical (unpaired) electrons. The number of imidazole rings is 1. The molecule has 0 spiro atoms. The van der Waals surface area contributed by atoms with Gasteiger partial charge < -0.3 is 14.8 Å². The van der Waals surface area contributed by atoms with E-state index in [0.717, 1.165) is 41.8 Å². The van der Waals surface area contributed by atoms with E-state index in [-0.39, 0.29) is 23.7 Å². The average molecular weight is 402 g/mol. The summed E-state index contributed by atoms with van der Waals surface area (Å²) in [7, 11) is 0. The van der Waals surface area contributed by atoms with E-state index in [2.05, 4.69) is 4.98 Å². The van der Waals surface area contributed by atoms with Crippen LogP contribution in [0.4, 0.5) is 0 Å². The van der Waals surface area contributed by atoms with Crippen LogP contribution < -0.4 is 0 Å². The first-order valence-electron chi connectivity index (χ1n) is 10.7. The number of carbonyl (C=O) groups excluding carboxylic acids is 2. The fourth-order valence-corrected chi connectivity index (χ4v) is 4.72. The molecule has 2 aliphatic rings. The minimum absolute atomic E-state index is 0.0723. The van der Waals surface area contributed by atoms with Gasteiger partial charge in [0.25, 0.3) is 0 Å². The molecule has 154 valence electrons. The Morgan fingerprint density at radius 1 is 1.07 bits per heavy atom. The first-order chi connectivity index (χ1) is 14.7. The number of hydrogen-bond acceptors (Lipinski definition) is 3. The molecule has 5 rings (SSSR count). The number of amides is 2. The number of fused-ring (bicyclic) bond motifs is 1. The van der Waals surface area contributed by atoms with Crippen molar-refractivity contribution in [3.8, 4) is 0 Å². The summed E-state index contributed by atoms with van der Waals surface area (Å²) < 4.78 is 0. The number of carbonyl (C=O) groups is 2. The largest absolute Gasteiger partial charge is 0.342 e. The van der Waals surface area contributed by atoms with Crippen LogP contribution in [0.5, 0.6) is 0 Å². The van der Waals surface area contributed by atoms with E-state index in [9.17, 15) is 9.59 Å². The van der Waals surface area contributed by atoms with E-state index in [4.69, 9.17) is 4.98 Å². The Morgan fingerprint density at radius 3 is 2.70 bits per heavy atom. The lowest BCUT2D eigenvalue weighted by Crippen LogP contribution is -2.43. The van der Waals surface area contributed by atoms with Gasteiger partial charge in [-0.05, 0) is 30.5 Å². The highest BCUT2D eigenvalue weighted by atomic mass is 16.2. The molecule has 2 amide bonds. The second-order valence-electron chi connectivity index (χ2n) is 8.42. The number of para-hydroxylation sites is 2. The van der Waals surface area contributed by atoms with E-state index in [1.54, 1.807) is 0 Å². The summed E-state index contributed by atoms with van der Waals surface area (Å²) in [6, 6.07) is 18.0. The summed E-state index contributed by atoms with van der Waals surface area (Å²) in [6.07, 6.45) is 2.30. The fourth-order valence-electron chi connectivity index (χ4n) is 4.72. The lowest BCUT2D eigenvalue weighted by atomic mass is 9.95. The van der Waals surface area contributed by atoms with Gasteiger partial charge in [0.15, 0.2) is 0 Å². The molecule has 2 aliphatic heterocycles. The van der Waals surface area contributed by atoms with Crippen molar-refractivity contribution < 1.29 is 9.59 Å². The highest BCUT2D eigenvalue weighted by Gasteiger charge is 2.38. The van der Waals surface area contributed by atoms with E-state index in [1.807, 2.05) is 64.4 Å². The van der Waals surface area contributed by atoms with Gasteiger partial charge in [-0.3, -0.25) is 9.59 Å². The maximum atomic E-state index is 13.2. The summed E-state index contributed by atoms with van der Waals surface area (Å²) in [5.41, 5.74) is 3.10. The molecule has 2 fully saturated rings. The molecule has 0 saturated carbocycles. The molecule has 6 heteroatoms. The van der Waals surface area contributed by atoms with Gasteiger partial charge in [-0.2, -0.15) is 0 Å². The highest BCUT2D eigenvalue weighted by molar-refractivity contribution is 5.89. The van der Waals surface area contributed by atoms with Crippen LogP contribution in [-0.4, -0.2) is 51.2 Å². The van der Waals surface area contributed by atoms with Crippen LogP contribution in [0.2, 0.25) is 0 Å². The smallest absolute Gasteiger partial charge is 0.228 e. The second kappa shape index (κ2) is 7.94. The first kappa shape index (κ1) is 18.9. The van der Waals surface area contributed by atoms with Gasteiger partial charge >= 0.3 is 0 Å². The summed E-state index contributed by atoms with van der Waals surface area (Å²) in [6.45, 7) is 2.52. The van der Waals surface area contributed by atoms with Gasteiger partial charge in [0.05, 0.1) is 17.0 Å².